The molecule has 0 spiro atoms. The van der Waals surface area contributed by atoms with Crippen molar-refractivity contribution in [1.82, 2.24) is 5.32 Å². The van der Waals surface area contributed by atoms with Gasteiger partial charge in [-0.2, -0.15) is 0 Å². The van der Waals surface area contributed by atoms with Crippen LogP contribution in [0.5, 0.6) is 0 Å². The summed E-state index contributed by atoms with van der Waals surface area (Å²) in [4.78, 5) is 24.6. The molecular weight excluding hydrogens is 899 g/mol. The molecule has 0 aromatic carbocycles. The zero-order valence-corrected chi connectivity index (χ0v) is 49.6. The van der Waals surface area contributed by atoms with Gasteiger partial charge in [-0.25, -0.2) is 0 Å². The minimum Gasteiger partial charge on any atom is -0.466 e. The van der Waals surface area contributed by atoms with E-state index in [4.69, 9.17) is 4.74 Å². The van der Waals surface area contributed by atoms with Crippen molar-refractivity contribution in [2.45, 2.75) is 392 Å². The molecule has 0 bridgehead atoms. The second-order valence-corrected chi connectivity index (χ2v) is 23.2. The molecule has 0 heterocycles. The quantitative estimate of drug-likeness (QED) is 0.0320. The van der Waals surface area contributed by atoms with Gasteiger partial charge in [0.2, 0.25) is 5.91 Å². The first-order valence-electron chi connectivity index (χ1n) is 33.4. The first-order valence-corrected chi connectivity index (χ1v) is 33.4. The van der Waals surface area contributed by atoms with Gasteiger partial charge in [-0.1, -0.05) is 328 Å². The molecule has 3 N–H and O–H groups in total. The van der Waals surface area contributed by atoms with Crippen LogP contribution in [0.1, 0.15) is 380 Å². The SMILES string of the molecule is CCCCCCCC/C=C\CCCCCCCCCC(=O)OCCCCCCCCCCCCCCCCC(=O)NC(CO)C(O)CCCCCCCCCCCCCCCCCCCCCCCCCCC. The standard InChI is InChI=1S/C67H131NO5/c1-3-5-7-9-11-13-15-17-19-21-22-23-24-25-26-27-28-30-31-35-39-43-47-51-55-59-65(70)64(63-69)68-66(71)60-56-52-48-44-40-36-33-34-38-42-46-50-54-58-62-73-67(72)61-57-53-49-45-41-37-32-29-20-18-16-14-12-10-8-6-4-2/h18,20,64-65,69-70H,3-17,19,21-63H2,1-2H3,(H,68,71)/b20-18-. The molecular formula is C67H131NO5. The van der Waals surface area contributed by atoms with Gasteiger partial charge in [0.05, 0.1) is 25.4 Å². The number of amides is 1. The van der Waals surface area contributed by atoms with Crippen LogP contribution in [0.2, 0.25) is 0 Å². The van der Waals surface area contributed by atoms with Crippen molar-refractivity contribution in [1.29, 1.82) is 0 Å². The average Bonchev–Trinajstić information content (AvgIpc) is 3.39. The summed E-state index contributed by atoms with van der Waals surface area (Å²) in [6.45, 7) is 4.96. The van der Waals surface area contributed by atoms with Crippen LogP contribution in [0.15, 0.2) is 12.2 Å². The maximum atomic E-state index is 12.5. The molecule has 0 aliphatic rings. The molecule has 0 aliphatic carbocycles. The Labute approximate surface area is 457 Å². The second-order valence-electron chi connectivity index (χ2n) is 23.2. The van der Waals surface area contributed by atoms with Gasteiger partial charge in [-0.15, -0.1) is 0 Å². The molecule has 6 heteroatoms. The highest BCUT2D eigenvalue weighted by atomic mass is 16.5. The number of carbonyl (C=O) groups is 2. The molecule has 0 rings (SSSR count). The Morgan fingerprint density at radius 3 is 0.973 bits per heavy atom. The predicted octanol–water partition coefficient (Wildman–Crippen LogP) is 21.2. The minimum absolute atomic E-state index is 0.00386. The van der Waals surface area contributed by atoms with Gasteiger partial charge in [-0.3, -0.25) is 9.59 Å². The number of carbonyl (C=O) groups excluding carboxylic acids is 2. The fraction of sp³-hybridized carbons (Fsp3) is 0.940. The van der Waals surface area contributed by atoms with E-state index in [1.54, 1.807) is 0 Å². The molecule has 0 aromatic rings. The molecule has 0 radical (unpaired) electrons. The number of esters is 1. The molecule has 0 aliphatic heterocycles. The summed E-state index contributed by atoms with van der Waals surface area (Å²) < 4.78 is 5.49. The molecule has 434 valence electrons. The van der Waals surface area contributed by atoms with Crippen molar-refractivity contribution in [3.8, 4) is 0 Å². The normalized spacial score (nSPS) is 12.5. The number of allylic oxidation sites excluding steroid dienone is 2. The predicted molar refractivity (Wildman–Crippen MR) is 320 cm³/mol. The summed E-state index contributed by atoms with van der Waals surface area (Å²) in [6.07, 6.45) is 76.6. The third-order valence-corrected chi connectivity index (χ3v) is 15.8. The Morgan fingerprint density at radius 2 is 0.644 bits per heavy atom. The van der Waals surface area contributed by atoms with Gasteiger partial charge in [0.25, 0.3) is 0 Å². The summed E-state index contributed by atoms with van der Waals surface area (Å²) in [7, 11) is 0. The molecule has 0 saturated carbocycles. The Hall–Kier alpha value is -1.40. The Bertz CT molecular complexity index is 1100. The fourth-order valence-corrected chi connectivity index (χ4v) is 10.7. The molecule has 2 atom stereocenters. The van der Waals surface area contributed by atoms with E-state index in [-0.39, 0.29) is 18.5 Å². The van der Waals surface area contributed by atoms with Crippen molar-refractivity contribution < 1.29 is 24.5 Å². The van der Waals surface area contributed by atoms with Crippen LogP contribution < -0.4 is 5.32 Å². The first-order chi connectivity index (χ1) is 36.0. The lowest BCUT2D eigenvalue weighted by molar-refractivity contribution is -0.143. The van der Waals surface area contributed by atoms with Crippen LogP contribution in [0.4, 0.5) is 0 Å². The number of hydrogen-bond donors (Lipinski definition) is 3. The fourth-order valence-electron chi connectivity index (χ4n) is 10.7. The van der Waals surface area contributed by atoms with Crippen molar-refractivity contribution in [3.05, 3.63) is 12.2 Å². The van der Waals surface area contributed by atoms with Crippen LogP contribution in [0.25, 0.3) is 0 Å². The number of nitrogens with one attached hydrogen (secondary N) is 1. The first kappa shape index (κ1) is 71.6. The van der Waals surface area contributed by atoms with Gasteiger partial charge in [-0.05, 0) is 51.4 Å². The van der Waals surface area contributed by atoms with Gasteiger partial charge in [0.1, 0.15) is 0 Å². The van der Waals surface area contributed by atoms with Crippen LogP contribution in [0.3, 0.4) is 0 Å². The lowest BCUT2D eigenvalue weighted by Gasteiger charge is -2.22. The number of aliphatic hydroxyl groups is 2. The summed E-state index contributed by atoms with van der Waals surface area (Å²) in [5.74, 6) is -0.0445. The number of hydrogen-bond acceptors (Lipinski definition) is 5. The monoisotopic (exact) mass is 1030 g/mol. The van der Waals surface area contributed by atoms with Crippen molar-refractivity contribution in [3.63, 3.8) is 0 Å². The molecule has 1 amide bonds. The summed E-state index contributed by atoms with van der Waals surface area (Å²) in [5.41, 5.74) is 0. The molecule has 0 saturated heterocycles. The van der Waals surface area contributed by atoms with E-state index in [9.17, 15) is 19.8 Å². The third-order valence-electron chi connectivity index (χ3n) is 15.8. The maximum absolute atomic E-state index is 12.5. The van der Waals surface area contributed by atoms with E-state index in [1.165, 1.54) is 295 Å². The van der Waals surface area contributed by atoms with Gasteiger partial charge < -0.3 is 20.3 Å². The van der Waals surface area contributed by atoms with Gasteiger partial charge in [0, 0.05) is 12.8 Å². The highest BCUT2D eigenvalue weighted by Gasteiger charge is 2.20. The van der Waals surface area contributed by atoms with Crippen LogP contribution >= 0.6 is 0 Å². The van der Waals surface area contributed by atoms with Crippen LogP contribution in [-0.2, 0) is 14.3 Å². The van der Waals surface area contributed by atoms with E-state index in [0.717, 1.165) is 51.4 Å². The molecule has 6 nitrogen and oxygen atoms in total. The molecule has 0 fully saturated rings. The van der Waals surface area contributed by atoms with Crippen molar-refractivity contribution >= 4 is 11.9 Å². The zero-order valence-electron chi connectivity index (χ0n) is 49.6. The average molecular weight is 1030 g/mol. The zero-order chi connectivity index (χ0) is 52.9. The smallest absolute Gasteiger partial charge is 0.305 e. The van der Waals surface area contributed by atoms with Crippen LogP contribution in [-0.4, -0.2) is 47.4 Å². The summed E-state index contributed by atoms with van der Waals surface area (Å²) in [6, 6.07) is -0.551. The molecule has 73 heavy (non-hydrogen) atoms. The van der Waals surface area contributed by atoms with Crippen LogP contribution in [0, 0.1) is 0 Å². The number of ether oxygens (including phenoxy) is 1. The minimum atomic E-state index is -0.673. The number of aliphatic hydroxyl groups excluding tert-OH is 2. The molecule has 0 aromatic heterocycles. The Kier molecular flexibility index (Phi) is 61.9. The lowest BCUT2D eigenvalue weighted by atomic mass is 10.0. The maximum Gasteiger partial charge on any atom is 0.305 e. The van der Waals surface area contributed by atoms with E-state index in [0.29, 0.717) is 25.9 Å². The lowest BCUT2D eigenvalue weighted by Crippen LogP contribution is -2.45. The van der Waals surface area contributed by atoms with E-state index in [2.05, 4.69) is 31.3 Å². The summed E-state index contributed by atoms with van der Waals surface area (Å²) in [5, 5.41) is 23.4. The number of rotatable bonds is 63. The second kappa shape index (κ2) is 63.1. The van der Waals surface area contributed by atoms with E-state index in [1.807, 2.05) is 0 Å². The Balaban J connectivity index is 3.42. The van der Waals surface area contributed by atoms with E-state index >= 15 is 0 Å². The van der Waals surface area contributed by atoms with Crippen molar-refractivity contribution in [2.24, 2.45) is 0 Å². The topological polar surface area (TPSA) is 95.9 Å². The highest BCUT2D eigenvalue weighted by Crippen LogP contribution is 2.19. The Morgan fingerprint density at radius 1 is 0.370 bits per heavy atom. The highest BCUT2D eigenvalue weighted by molar-refractivity contribution is 5.76. The van der Waals surface area contributed by atoms with E-state index < -0.39 is 12.1 Å². The molecule has 2 unspecified atom stereocenters. The van der Waals surface area contributed by atoms with Crippen molar-refractivity contribution in [2.75, 3.05) is 13.2 Å². The number of unbranched alkanes of at least 4 members (excludes halogenated alkanes) is 50. The summed E-state index contributed by atoms with van der Waals surface area (Å²) >= 11 is 0. The van der Waals surface area contributed by atoms with Gasteiger partial charge in [0.15, 0.2) is 0 Å². The third kappa shape index (κ3) is 59.7. The van der Waals surface area contributed by atoms with Gasteiger partial charge >= 0.3 is 5.97 Å². The largest absolute Gasteiger partial charge is 0.466 e.